The third-order valence-electron chi connectivity index (χ3n) is 5.86. The van der Waals surface area contributed by atoms with Gasteiger partial charge in [-0.2, -0.15) is 17.5 Å². The number of alkyl halides is 3. The maximum absolute atomic E-state index is 13.1. The maximum Gasteiger partial charge on any atom is 0.471 e. The third-order valence-corrected chi connectivity index (χ3v) is 7.76. The van der Waals surface area contributed by atoms with Gasteiger partial charge in [0.1, 0.15) is 0 Å². The van der Waals surface area contributed by atoms with Crippen molar-refractivity contribution >= 4 is 15.9 Å². The summed E-state index contributed by atoms with van der Waals surface area (Å²) in [5.41, 5.74) is 1.18. The lowest BCUT2D eigenvalue weighted by Crippen LogP contribution is -2.51. The topological polar surface area (TPSA) is 76.2 Å². The van der Waals surface area contributed by atoms with Gasteiger partial charge in [-0.1, -0.05) is 6.07 Å². The van der Waals surface area contributed by atoms with Crippen molar-refractivity contribution in [1.29, 1.82) is 0 Å². The summed E-state index contributed by atoms with van der Waals surface area (Å²) in [6.45, 7) is 1.33. The first-order valence-corrected chi connectivity index (χ1v) is 11.3. The van der Waals surface area contributed by atoms with Crippen LogP contribution < -0.4 is 0 Å². The number of amides is 1. The third kappa shape index (κ3) is 4.08. The van der Waals surface area contributed by atoms with Gasteiger partial charge in [0.15, 0.2) is 5.79 Å². The number of fused-ring (bicyclic) bond motifs is 1. The summed E-state index contributed by atoms with van der Waals surface area (Å²) in [6, 6.07) is 4.49. The van der Waals surface area contributed by atoms with Gasteiger partial charge < -0.3 is 14.4 Å². The fourth-order valence-corrected chi connectivity index (χ4v) is 5.66. The Labute approximate surface area is 172 Å². The number of carbonyl (C=O) groups excluding carboxylic acids is 1. The largest absolute Gasteiger partial charge is 0.471 e. The van der Waals surface area contributed by atoms with Crippen LogP contribution in [0.5, 0.6) is 0 Å². The number of sulfonamides is 1. The van der Waals surface area contributed by atoms with Crippen LogP contribution in [0.4, 0.5) is 13.2 Å². The van der Waals surface area contributed by atoms with Crippen LogP contribution in [-0.2, 0) is 37.3 Å². The fourth-order valence-electron chi connectivity index (χ4n) is 4.17. The molecule has 166 valence electrons. The molecule has 4 rings (SSSR count). The summed E-state index contributed by atoms with van der Waals surface area (Å²) in [6.07, 6.45) is -3.05. The molecule has 0 saturated carbocycles. The lowest BCUT2D eigenvalue weighted by molar-refractivity contribution is -0.280. The summed E-state index contributed by atoms with van der Waals surface area (Å²) < 4.78 is 77.3. The molecule has 0 aromatic heterocycles. The molecule has 2 fully saturated rings. The second kappa shape index (κ2) is 7.77. The minimum atomic E-state index is -4.95. The fraction of sp³-hybridized carbons (Fsp3) is 0.632. The first-order chi connectivity index (χ1) is 14.1. The highest BCUT2D eigenvalue weighted by atomic mass is 32.2. The number of hydrogen-bond acceptors (Lipinski definition) is 5. The summed E-state index contributed by atoms with van der Waals surface area (Å²) in [7, 11) is -3.82. The Kier molecular flexibility index (Phi) is 5.58. The van der Waals surface area contributed by atoms with Crippen molar-refractivity contribution in [2.24, 2.45) is 0 Å². The molecule has 3 heterocycles. The van der Waals surface area contributed by atoms with Crippen LogP contribution >= 0.6 is 0 Å². The molecule has 0 radical (unpaired) electrons. The Bertz CT molecular complexity index is 919. The molecule has 1 amide bonds. The number of ether oxygens (including phenoxy) is 2. The van der Waals surface area contributed by atoms with Crippen LogP contribution in [0.3, 0.4) is 0 Å². The number of hydrogen-bond donors (Lipinski definition) is 0. The molecular formula is C19H23F3N2O5S. The zero-order valence-electron chi connectivity index (χ0n) is 16.3. The molecule has 1 spiro atoms. The maximum atomic E-state index is 13.1. The van der Waals surface area contributed by atoms with E-state index >= 15 is 0 Å². The van der Waals surface area contributed by atoms with Gasteiger partial charge in [0, 0.05) is 39.0 Å². The van der Waals surface area contributed by atoms with Crippen LogP contribution in [0, 0.1) is 0 Å². The van der Waals surface area contributed by atoms with E-state index in [1.165, 1.54) is 16.4 Å². The number of piperidine rings is 1. The van der Waals surface area contributed by atoms with Crippen molar-refractivity contribution in [3.63, 3.8) is 0 Å². The normalized spacial score (nSPS) is 22.7. The van der Waals surface area contributed by atoms with E-state index in [1.54, 1.807) is 6.07 Å². The Morgan fingerprint density at radius 3 is 2.33 bits per heavy atom. The molecule has 11 heteroatoms. The predicted octanol–water partition coefficient (Wildman–Crippen LogP) is 2.05. The molecule has 0 aliphatic carbocycles. The van der Waals surface area contributed by atoms with E-state index in [4.69, 9.17) is 9.47 Å². The quantitative estimate of drug-likeness (QED) is 0.692. The predicted molar refractivity (Wildman–Crippen MR) is 98.9 cm³/mol. The van der Waals surface area contributed by atoms with E-state index in [0.29, 0.717) is 36.5 Å². The monoisotopic (exact) mass is 448 g/mol. The van der Waals surface area contributed by atoms with Gasteiger partial charge in [-0.3, -0.25) is 4.79 Å². The molecule has 1 aromatic carbocycles. The minimum Gasteiger partial charge on any atom is -0.350 e. The zero-order chi connectivity index (χ0) is 21.6. The molecule has 0 bridgehead atoms. The molecular weight excluding hydrogens is 425 g/mol. The summed E-state index contributed by atoms with van der Waals surface area (Å²) in [5, 5.41) is 0. The van der Waals surface area contributed by atoms with Crippen molar-refractivity contribution < 1.29 is 35.9 Å². The smallest absolute Gasteiger partial charge is 0.350 e. The number of halogens is 3. The molecule has 0 N–H and O–H groups in total. The average Bonchev–Trinajstić information content (AvgIpc) is 2.72. The Hall–Kier alpha value is -1.69. The van der Waals surface area contributed by atoms with Gasteiger partial charge in [-0.25, -0.2) is 8.42 Å². The number of rotatable bonds is 2. The van der Waals surface area contributed by atoms with E-state index in [0.717, 1.165) is 12.0 Å². The van der Waals surface area contributed by atoms with Gasteiger partial charge >= 0.3 is 12.1 Å². The standard InChI is InChI=1S/C19H23F3N2O5S/c20-19(21,22)17(25)23-7-4-14-2-3-16(12-15(14)13-23)30(26,27)24-8-5-18(6-9-24)28-10-1-11-29-18/h2-3,12H,1,4-11,13H2. The van der Waals surface area contributed by atoms with Crippen molar-refractivity contribution in [1.82, 2.24) is 9.21 Å². The van der Waals surface area contributed by atoms with Gasteiger partial charge in [-0.15, -0.1) is 0 Å². The first-order valence-electron chi connectivity index (χ1n) is 9.87. The molecule has 1 aromatic rings. The average molecular weight is 448 g/mol. The van der Waals surface area contributed by atoms with Crippen molar-refractivity contribution in [3.05, 3.63) is 29.3 Å². The van der Waals surface area contributed by atoms with E-state index in [2.05, 4.69) is 0 Å². The highest BCUT2D eigenvalue weighted by molar-refractivity contribution is 7.89. The van der Waals surface area contributed by atoms with E-state index < -0.39 is 27.9 Å². The van der Waals surface area contributed by atoms with E-state index in [-0.39, 0.29) is 37.5 Å². The molecule has 3 aliphatic rings. The second-order valence-electron chi connectivity index (χ2n) is 7.77. The molecule has 7 nitrogen and oxygen atoms in total. The number of benzene rings is 1. The van der Waals surface area contributed by atoms with Crippen LogP contribution in [0.2, 0.25) is 0 Å². The lowest BCUT2D eigenvalue weighted by Gasteiger charge is -2.42. The van der Waals surface area contributed by atoms with Gasteiger partial charge in [0.25, 0.3) is 0 Å². The van der Waals surface area contributed by atoms with E-state index in [1.807, 2.05) is 0 Å². The van der Waals surface area contributed by atoms with Crippen LogP contribution in [0.25, 0.3) is 0 Å². The van der Waals surface area contributed by atoms with Crippen molar-refractivity contribution in [2.45, 2.75) is 49.1 Å². The first kappa shape index (κ1) is 21.5. The van der Waals surface area contributed by atoms with Crippen LogP contribution in [0.15, 0.2) is 23.1 Å². The molecule has 3 aliphatic heterocycles. The Balaban J connectivity index is 1.50. The lowest BCUT2D eigenvalue weighted by atomic mass is 10.00. The number of carbonyl (C=O) groups is 1. The molecule has 30 heavy (non-hydrogen) atoms. The Morgan fingerprint density at radius 1 is 1.03 bits per heavy atom. The summed E-state index contributed by atoms with van der Waals surface area (Å²) >= 11 is 0. The minimum absolute atomic E-state index is 0.0176. The van der Waals surface area contributed by atoms with Crippen molar-refractivity contribution in [2.75, 3.05) is 32.8 Å². The molecule has 2 saturated heterocycles. The van der Waals surface area contributed by atoms with Crippen LogP contribution in [0.1, 0.15) is 30.4 Å². The SMILES string of the molecule is O=C(N1CCc2ccc(S(=O)(=O)N3CCC4(CC3)OCCCO4)cc2C1)C(F)(F)F. The van der Waals surface area contributed by atoms with Gasteiger partial charge in [0.05, 0.1) is 18.1 Å². The summed E-state index contributed by atoms with van der Waals surface area (Å²) in [4.78, 5) is 12.3. The summed E-state index contributed by atoms with van der Waals surface area (Å²) in [5.74, 6) is -2.63. The zero-order valence-corrected chi connectivity index (χ0v) is 17.1. The Morgan fingerprint density at radius 2 is 1.70 bits per heavy atom. The van der Waals surface area contributed by atoms with Gasteiger partial charge in [0.2, 0.25) is 10.0 Å². The molecule has 0 unspecified atom stereocenters. The van der Waals surface area contributed by atoms with Crippen LogP contribution in [-0.4, -0.2) is 68.3 Å². The highest BCUT2D eigenvalue weighted by Crippen LogP contribution is 2.34. The highest BCUT2D eigenvalue weighted by Gasteiger charge is 2.44. The second-order valence-corrected chi connectivity index (χ2v) is 9.71. The van der Waals surface area contributed by atoms with Gasteiger partial charge in [-0.05, 0) is 36.1 Å². The molecule has 0 atom stereocenters. The van der Waals surface area contributed by atoms with E-state index in [9.17, 15) is 26.4 Å². The van der Waals surface area contributed by atoms with Crippen molar-refractivity contribution in [3.8, 4) is 0 Å². The number of nitrogens with zero attached hydrogens (tertiary/aromatic N) is 2.